The molecular weight excluding hydrogens is 339 g/mol. The lowest BCUT2D eigenvalue weighted by Crippen LogP contribution is -2.45. The van der Waals surface area contributed by atoms with E-state index < -0.39 is 0 Å². The zero-order chi connectivity index (χ0) is 13.9. The van der Waals surface area contributed by atoms with Gasteiger partial charge >= 0.3 is 0 Å². The normalized spacial score (nSPS) is 18.1. The number of hydrogen-bond donors (Lipinski definition) is 1. The van der Waals surface area contributed by atoms with Crippen LogP contribution in [0.3, 0.4) is 0 Å². The number of hydrogen-bond acceptors (Lipinski definition) is 3. The van der Waals surface area contributed by atoms with Crippen LogP contribution in [0.5, 0.6) is 0 Å². The summed E-state index contributed by atoms with van der Waals surface area (Å²) >= 11 is 5.18. The number of rotatable bonds is 3. The fourth-order valence-electron chi connectivity index (χ4n) is 2.70. The molecule has 1 saturated heterocycles. The number of nitrogens with one attached hydrogen (secondary N) is 1. The van der Waals surface area contributed by atoms with E-state index in [0.29, 0.717) is 0 Å². The highest BCUT2D eigenvalue weighted by atomic mass is 79.9. The number of nitrogens with zero attached hydrogens (tertiary/aromatic N) is 1. The molecule has 1 aromatic heterocycles. The summed E-state index contributed by atoms with van der Waals surface area (Å²) in [6.45, 7) is 3.77. The molecule has 0 radical (unpaired) electrons. The molecular formula is C15H16BrFN2S. The molecule has 0 bridgehead atoms. The van der Waals surface area contributed by atoms with Crippen LogP contribution < -0.4 is 5.32 Å². The van der Waals surface area contributed by atoms with E-state index >= 15 is 0 Å². The Morgan fingerprint density at radius 3 is 2.70 bits per heavy atom. The third-order valence-electron chi connectivity index (χ3n) is 3.65. The van der Waals surface area contributed by atoms with E-state index in [1.165, 1.54) is 5.56 Å². The summed E-state index contributed by atoms with van der Waals surface area (Å²) in [7, 11) is 0. The molecule has 106 valence electrons. The van der Waals surface area contributed by atoms with Crippen molar-refractivity contribution in [2.45, 2.75) is 6.04 Å². The lowest BCUT2D eigenvalue weighted by atomic mass is 9.98. The smallest absolute Gasteiger partial charge is 0.129 e. The van der Waals surface area contributed by atoms with Crippen LogP contribution in [-0.2, 0) is 0 Å². The molecule has 20 heavy (non-hydrogen) atoms. The van der Waals surface area contributed by atoms with Crippen LogP contribution in [-0.4, -0.2) is 31.1 Å². The highest BCUT2D eigenvalue weighted by Gasteiger charge is 2.28. The van der Waals surface area contributed by atoms with Crippen molar-refractivity contribution in [1.29, 1.82) is 0 Å². The average molecular weight is 355 g/mol. The summed E-state index contributed by atoms with van der Waals surface area (Å²) < 4.78 is 15.2. The van der Waals surface area contributed by atoms with Crippen molar-refractivity contribution in [3.8, 4) is 0 Å². The van der Waals surface area contributed by atoms with Crippen LogP contribution in [0, 0.1) is 5.82 Å². The van der Waals surface area contributed by atoms with Crippen molar-refractivity contribution < 1.29 is 4.39 Å². The molecule has 0 aliphatic carbocycles. The minimum Gasteiger partial charge on any atom is -0.314 e. The second-order valence-corrected chi connectivity index (χ2v) is 6.51. The Morgan fingerprint density at radius 1 is 1.25 bits per heavy atom. The number of halogens is 2. The van der Waals surface area contributed by atoms with Crippen LogP contribution in [0.4, 0.5) is 4.39 Å². The van der Waals surface area contributed by atoms with Gasteiger partial charge < -0.3 is 5.32 Å². The lowest BCUT2D eigenvalue weighted by molar-refractivity contribution is 0.195. The van der Waals surface area contributed by atoms with Crippen LogP contribution in [0.2, 0.25) is 0 Å². The molecule has 2 heterocycles. The topological polar surface area (TPSA) is 15.3 Å². The van der Waals surface area contributed by atoms with Crippen LogP contribution in [0.25, 0.3) is 0 Å². The highest BCUT2D eigenvalue weighted by Crippen LogP contribution is 2.36. The molecule has 1 fully saturated rings. The second-order valence-electron chi connectivity index (χ2n) is 4.88. The van der Waals surface area contributed by atoms with E-state index in [2.05, 4.69) is 43.0 Å². The monoisotopic (exact) mass is 354 g/mol. The van der Waals surface area contributed by atoms with E-state index in [1.807, 2.05) is 6.07 Å². The van der Waals surface area contributed by atoms with Gasteiger partial charge in [0.2, 0.25) is 0 Å². The summed E-state index contributed by atoms with van der Waals surface area (Å²) in [4.78, 5) is 2.35. The second kappa shape index (κ2) is 6.35. The van der Waals surface area contributed by atoms with E-state index in [0.717, 1.165) is 36.2 Å². The van der Waals surface area contributed by atoms with Crippen molar-refractivity contribution in [2.24, 2.45) is 0 Å². The molecule has 1 N–H and O–H groups in total. The molecule has 1 aliphatic rings. The van der Waals surface area contributed by atoms with Gasteiger partial charge in [0.25, 0.3) is 0 Å². The summed E-state index contributed by atoms with van der Waals surface area (Å²) in [5.41, 5.74) is 1.91. The van der Waals surface area contributed by atoms with Crippen molar-refractivity contribution in [1.82, 2.24) is 10.2 Å². The van der Waals surface area contributed by atoms with Crippen molar-refractivity contribution >= 4 is 27.3 Å². The molecule has 1 aliphatic heterocycles. The van der Waals surface area contributed by atoms with Crippen LogP contribution >= 0.6 is 27.3 Å². The third kappa shape index (κ3) is 2.81. The van der Waals surface area contributed by atoms with Gasteiger partial charge in [-0.05, 0) is 34.5 Å². The predicted octanol–water partition coefficient (Wildman–Crippen LogP) is 3.64. The Balaban J connectivity index is 2.05. The van der Waals surface area contributed by atoms with Gasteiger partial charge in [0.05, 0.1) is 6.04 Å². The van der Waals surface area contributed by atoms with Gasteiger partial charge in [-0.25, -0.2) is 4.39 Å². The fraction of sp³-hybridized carbons (Fsp3) is 0.333. The zero-order valence-electron chi connectivity index (χ0n) is 11.0. The third-order valence-corrected chi connectivity index (χ3v) is 5.04. The van der Waals surface area contributed by atoms with Gasteiger partial charge in [-0.15, -0.1) is 0 Å². The SMILES string of the molecule is Fc1cccc(Br)c1[C@H](c1ccsc1)N1CCNCC1. The van der Waals surface area contributed by atoms with Gasteiger partial charge in [-0.3, -0.25) is 4.90 Å². The first kappa shape index (κ1) is 14.2. The van der Waals surface area contributed by atoms with Crippen LogP contribution in [0.15, 0.2) is 39.5 Å². The molecule has 1 aromatic carbocycles. The van der Waals surface area contributed by atoms with E-state index in [1.54, 1.807) is 23.5 Å². The molecule has 5 heteroatoms. The van der Waals surface area contributed by atoms with Crippen molar-refractivity contribution in [2.75, 3.05) is 26.2 Å². The molecule has 0 saturated carbocycles. The van der Waals surface area contributed by atoms with Gasteiger partial charge in [0.15, 0.2) is 0 Å². The minimum atomic E-state index is -0.144. The summed E-state index contributed by atoms with van der Waals surface area (Å²) in [5, 5.41) is 7.52. The first-order valence-electron chi connectivity index (χ1n) is 6.68. The van der Waals surface area contributed by atoms with Crippen molar-refractivity contribution in [3.05, 3.63) is 56.4 Å². The zero-order valence-corrected chi connectivity index (χ0v) is 13.4. The molecule has 0 amide bonds. The predicted molar refractivity (Wildman–Crippen MR) is 84.7 cm³/mol. The van der Waals surface area contributed by atoms with E-state index in [4.69, 9.17) is 0 Å². The average Bonchev–Trinajstić information content (AvgIpc) is 2.98. The molecule has 2 nitrogen and oxygen atoms in total. The van der Waals surface area contributed by atoms with Gasteiger partial charge in [-0.1, -0.05) is 22.0 Å². The maximum absolute atomic E-state index is 14.4. The number of piperazine rings is 1. The minimum absolute atomic E-state index is 0.0149. The first-order chi connectivity index (χ1) is 9.77. The Hall–Kier alpha value is -0.750. The first-order valence-corrected chi connectivity index (χ1v) is 8.41. The molecule has 0 unspecified atom stereocenters. The Labute approximate surface area is 130 Å². The molecule has 0 spiro atoms. The maximum atomic E-state index is 14.4. The van der Waals surface area contributed by atoms with Gasteiger partial charge in [-0.2, -0.15) is 11.3 Å². The Kier molecular flexibility index (Phi) is 4.51. The molecule has 3 rings (SSSR count). The molecule has 1 atom stereocenters. The summed E-state index contributed by atoms with van der Waals surface area (Å²) in [6, 6.07) is 7.28. The van der Waals surface area contributed by atoms with E-state index in [-0.39, 0.29) is 11.9 Å². The standard InChI is InChI=1S/C15H16BrFN2S/c16-12-2-1-3-13(17)14(12)15(11-4-9-20-10-11)19-7-5-18-6-8-19/h1-4,9-10,15,18H,5-8H2/t15-/m0/s1. The highest BCUT2D eigenvalue weighted by molar-refractivity contribution is 9.10. The van der Waals surface area contributed by atoms with Crippen molar-refractivity contribution in [3.63, 3.8) is 0 Å². The number of thiophene rings is 1. The lowest BCUT2D eigenvalue weighted by Gasteiger charge is -2.35. The maximum Gasteiger partial charge on any atom is 0.129 e. The summed E-state index contributed by atoms with van der Waals surface area (Å²) in [6.07, 6.45) is 0. The van der Waals surface area contributed by atoms with E-state index in [9.17, 15) is 4.39 Å². The van der Waals surface area contributed by atoms with Crippen LogP contribution in [0.1, 0.15) is 17.2 Å². The number of benzene rings is 1. The van der Waals surface area contributed by atoms with Gasteiger partial charge in [0, 0.05) is 36.2 Å². The Bertz CT molecular complexity index is 547. The largest absolute Gasteiger partial charge is 0.314 e. The molecule has 2 aromatic rings. The Morgan fingerprint density at radius 2 is 2.05 bits per heavy atom. The van der Waals surface area contributed by atoms with Gasteiger partial charge in [0.1, 0.15) is 5.82 Å². The summed E-state index contributed by atoms with van der Waals surface area (Å²) in [5.74, 6) is -0.144. The fourth-order valence-corrected chi connectivity index (χ4v) is 3.94. The quantitative estimate of drug-likeness (QED) is 0.904.